The van der Waals surface area contributed by atoms with Gasteiger partial charge in [0.1, 0.15) is 6.04 Å². The van der Waals surface area contributed by atoms with Gasteiger partial charge in [-0.1, -0.05) is 0 Å². The van der Waals surface area contributed by atoms with Crippen molar-refractivity contribution in [2.45, 2.75) is 12.5 Å². The van der Waals surface area contributed by atoms with Gasteiger partial charge in [0.25, 0.3) is 0 Å². The molecule has 0 fully saturated rings. The van der Waals surface area contributed by atoms with E-state index in [2.05, 4.69) is 9.97 Å². The molecule has 8 nitrogen and oxygen atoms in total. The lowest BCUT2D eigenvalue weighted by molar-refractivity contribution is -0.138. The summed E-state index contributed by atoms with van der Waals surface area (Å²) in [5.74, 6) is -2.10. The Morgan fingerprint density at radius 1 is 1.71 bits per heavy atom. The number of carboxylic acids is 1. The Morgan fingerprint density at radius 2 is 2.41 bits per heavy atom. The van der Waals surface area contributed by atoms with E-state index in [9.17, 15) is 13.2 Å². The Kier molecular flexibility index (Phi) is 4.19. The van der Waals surface area contributed by atoms with Crippen LogP contribution in [0.3, 0.4) is 0 Å². The van der Waals surface area contributed by atoms with Gasteiger partial charge in [-0.3, -0.25) is 4.79 Å². The molecule has 1 aromatic rings. The van der Waals surface area contributed by atoms with E-state index in [4.69, 9.17) is 10.4 Å². The van der Waals surface area contributed by atoms with Crippen molar-refractivity contribution in [2.75, 3.05) is 5.75 Å². The fraction of sp³-hybridized carbons (Fsp3) is 0.375. The van der Waals surface area contributed by atoms with E-state index >= 15 is 0 Å². The Morgan fingerprint density at radius 3 is 2.88 bits per heavy atom. The minimum Gasteiger partial charge on any atom is -0.480 e. The number of H-pyrrole nitrogens is 1. The summed E-state index contributed by atoms with van der Waals surface area (Å²) in [4.78, 5) is 17.2. The molecule has 0 bridgehead atoms. The van der Waals surface area contributed by atoms with Crippen molar-refractivity contribution in [1.82, 2.24) is 14.7 Å². The first-order valence-corrected chi connectivity index (χ1v) is 6.17. The largest absolute Gasteiger partial charge is 0.480 e. The van der Waals surface area contributed by atoms with E-state index in [-0.39, 0.29) is 6.42 Å². The first kappa shape index (κ1) is 13.1. The van der Waals surface area contributed by atoms with Crippen LogP contribution in [0.5, 0.6) is 0 Å². The Bertz CT molecular complexity index is 516. The monoisotopic (exact) mass is 258 g/mol. The predicted octanol–water partition coefficient (Wildman–Crippen LogP) is -1.15. The summed E-state index contributed by atoms with van der Waals surface area (Å²) >= 11 is 0. The number of aromatic nitrogens is 2. The van der Waals surface area contributed by atoms with Gasteiger partial charge in [-0.15, -0.1) is 0 Å². The Balaban J connectivity index is 2.75. The second-order valence-corrected chi connectivity index (χ2v) is 4.96. The molecule has 1 aromatic heterocycles. The van der Waals surface area contributed by atoms with Crippen LogP contribution in [0.1, 0.15) is 5.69 Å². The van der Waals surface area contributed by atoms with Gasteiger partial charge in [0.05, 0.1) is 12.4 Å². The van der Waals surface area contributed by atoms with Crippen molar-refractivity contribution in [3.63, 3.8) is 0 Å². The Labute approximate surface area is 97.3 Å². The third-order valence-electron chi connectivity index (χ3n) is 1.85. The van der Waals surface area contributed by atoms with Crippen molar-refractivity contribution in [3.05, 3.63) is 18.2 Å². The average Bonchev–Trinajstić information content (AvgIpc) is 2.68. The minimum absolute atomic E-state index is 0.0695. The van der Waals surface area contributed by atoms with Gasteiger partial charge >= 0.3 is 5.97 Å². The average molecular weight is 258 g/mol. The number of carbonyl (C=O) groups is 1. The number of rotatable bonds is 6. The number of aromatic amines is 1. The van der Waals surface area contributed by atoms with Gasteiger partial charge in [0.15, 0.2) is 5.75 Å². The summed E-state index contributed by atoms with van der Waals surface area (Å²) in [5.41, 5.74) is 0.483. The molecule has 0 aliphatic carbocycles. The lowest BCUT2D eigenvalue weighted by atomic mass is 10.2. The predicted molar refractivity (Wildman–Crippen MR) is 56.3 cm³/mol. The van der Waals surface area contributed by atoms with E-state index in [0.717, 1.165) is 0 Å². The van der Waals surface area contributed by atoms with Crippen molar-refractivity contribution < 1.29 is 18.3 Å². The van der Waals surface area contributed by atoms with E-state index < -0.39 is 27.8 Å². The van der Waals surface area contributed by atoms with Crippen LogP contribution in [0.15, 0.2) is 12.5 Å². The van der Waals surface area contributed by atoms with Crippen molar-refractivity contribution in [3.8, 4) is 6.07 Å². The number of nitrogens with one attached hydrogen (secondary N) is 2. The molecule has 0 aliphatic heterocycles. The maximum atomic E-state index is 11.3. The molecule has 0 saturated carbocycles. The molecule has 1 atom stereocenters. The molecular formula is C8H10N4O4S. The van der Waals surface area contributed by atoms with Gasteiger partial charge in [0, 0.05) is 18.3 Å². The molecular weight excluding hydrogens is 248 g/mol. The molecule has 9 heteroatoms. The van der Waals surface area contributed by atoms with Crippen molar-refractivity contribution in [2.24, 2.45) is 0 Å². The molecule has 0 unspecified atom stereocenters. The number of carboxylic acid groups (broad SMARTS) is 1. The number of hydrogen-bond acceptors (Lipinski definition) is 5. The number of nitriles is 1. The van der Waals surface area contributed by atoms with Gasteiger partial charge in [-0.05, 0) is 0 Å². The zero-order chi connectivity index (χ0) is 12.9. The number of hydrogen-bond donors (Lipinski definition) is 3. The highest BCUT2D eigenvalue weighted by molar-refractivity contribution is 7.89. The number of imidazole rings is 1. The van der Waals surface area contributed by atoms with Crippen LogP contribution in [0.4, 0.5) is 0 Å². The van der Waals surface area contributed by atoms with Crippen LogP contribution in [0.25, 0.3) is 0 Å². The lowest BCUT2D eigenvalue weighted by Gasteiger charge is -2.12. The van der Waals surface area contributed by atoms with Crippen LogP contribution < -0.4 is 4.72 Å². The smallest absolute Gasteiger partial charge is 0.322 e. The fourth-order valence-corrected chi connectivity index (χ4v) is 2.01. The summed E-state index contributed by atoms with van der Waals surface area (Å²) in [5, 5.41) is 17.1. The standard InChI is InChI=1S/C8H10N4O4S/c9-1-2-17(15,16)12-7(8(13)14)3-6-4-10-5-11-6/h4-5,7,12H,2-3H2,(H,10,11)(H,13,14)/t7-/m1/s1. The number of aliphatic carboxylic acids is 1. The molecule has 0 spiro atoms. The second kappa shape index (κ2) is 5.42. The molecule has 92 valence electrons. The molecule has 0 saturated heterocycles. The maximum absolute atomic E-state index is 11.3. The van der Waals surface area contributed by atoms with Gasteiger partial charge in [0.2, 0.25) is 10.0 Å². The van der Waals surface area contributed by atoms with E-state index in [0.29, 0.717) is 5.69 Å². The number of sulfonamides is 1. The highest BCUT2D eigenvalue weighted by Gasteiger charge is 2.24. The van der Waals surface area contributed by atoms with Crippen LogP contribution in [-0.2, 0) is 21.2 Å². The highest BCUT2D eigenvalue weighted by Crippen LogP contribution is 2.00. The molecule has 0 radical (unpaired) electrons. The van der Waals surface area contributed by atoms with Gasteiger partial charge in [-0.25, -0.2) is 13.4 Å². The molecule has 0 aliphatic rings. The fourth-order valence-electron chi connectivity index (χ4n) is 1.14. The first-order valence-electron chi connectivity index (χ1n) is 4.51. The normalized spacial score (nSPS) is 12.9. The van der Waals surface area contributed by atoms with Crippen LogP contribution in [0, 0.1) is 11.3 Å². The third-order valence-corrected chi connectivity index (χ3v) is 3.01. The van der Waals surface area contributed by atoms with E-state index in [1.807, 2.05) is 4.72 Å². The van der Waals surface area contributed by atoms with Crippen molar-refractivity contribution in [1.29, 1.82) is 5.26 Å². The van der Waals surface area contributed by atoms with Crippen LogP contribution in [0.2, 0.25) is 0 Å². The molecule has 3 N–H and O–H groups in total. The summed E-state index contributed by atoms with van der Waals surface area (Å²) < 4.78 is 24.4. The van der Waals surface area contributed by atoms with E-state index in [1.54, 1.807) is 0 Å². The summed E-state index contributed by atoms with van der Waals surface area (Å²) in [6, 6.07) is 0.122. The first-order chi connectivity index (χ1) is 7.94. The number of nitrogens with zero attached hydrogens (tertiary/aromatic N) is 2. The zero-order valence-electron chi connectivity index (χ0n) is 8.62. The molecule has 0 aromatic carbocycles. The van der Waals surface area contributed by atoms with Crippen LogP contribution in [-0.4, -0.2) is 41.3 Å². The molecule has 1 heterocycles. The SMILES string of the molecule is N#CCS(=O)(=O)N[C@H](Cc1cnc[nH]1)C(=O)O. The topological polar surface area (TPSA) is 136 Å². The zero-order valence-corrected chi connectivity index (χ0v) is 9.44. The molecule has 17 heavy (non-hydrogen) atoms. The molecule has 1 rings (SSSR count). The minimum atomic E-state index is -3.91. The van der Waals surface area contributed by atoms with Gasteiger partial charge in [-0.2, -0.15) is 9.98 Å². The summed E-state index contributed by atoms with van der Waals surface area (Å²) in [6.07, 6.45) is 2.69. The Hall–Kier alpha value is -1.92. The van der Waals surface area contributed by atoms with E-state index in [1.165, 1.54) is 18.6 Å². The molecule has 0 amide bonds. The summed E-state index contributed by atoms with van der Waals surface area (Å²) in [6.45, 7) is 0. The van der Waals surface area contributed by atoms with Crippen molar-refractivity contribution >= 4 is 16.0 Å². The van der Waals surface area contributed by atoms with Gasteiger partial charge < -0.3 is 10.1 Å². The lowest BCUT2D eigenvalue weighted by Crippen LogP contribution is -2.43. The summed E-state index contributed by atoms with van der Waals surface area (Å²) in [7, 11) is -3.91. The third kappa shape index (κ3) is 4.21. The highest BCUT2D eigenvalue weighted by atomic mass is 32.2. The second-order valence-electron chi connectivity index (χ2n) is 3.21. The quantitative estimate of drug-likeness (QED) is 0.589. The maximum Gasteiger partial charge on any atom is 0.322 e. The van der Waals surface area contributed by atoms with Crippen LogP contribution >= 0.6 is 0 Å².